The highest BCUT2D eigenvalue weighted by molar-refractivity contribution is 7.14. The van der Waals surface area contributed by atoms with Crippen LogP contribution in [0.5, 0.6) is 0 Å². The highest BCUT2D eigenvalue weighted by atomic mass is 32.1. The Labute approximate surface area is 151 Å². The van der Waals surface area contributed by atoms with Crippen molar-refractivity contribution in [1.29, 1.82) is 0 Å². The van der Waals surface area contributed by atoms with E-state index in [1.54, 1.807) is 23.7 Å². The molecule has 2 aromatic rings. The molecule has 4 heterocycles. The van der Waals surface area contributed by atoms with Gasteiger partial charge in [-0.2, -0.15) is 0 Å². The standard InChI is InChI=1S/C18H23N5OS/c24-17(16-6-5-15(25-16)14-4-1-7-19-14)22-10-3-11-23(13-12-22)18-20-8-2-9-21-18/h2,5-6,8-9,14,19H,1,3-4,7,10-13H2/t14-/m0/s1. The van der Waals surface area contributed by atoms with E-state index in [9.17, 15) is 4.79 Å². The second-order valence-electron chi connectivity index (χ2n) is 6.53. The van der Waals surface area contributed by atoms with E-state index in [1.165, 1.54) is 17.7 Å². The lowest BCUT2D eigenvalue weighted by atomic mass is 10.2. The first-order chi connectivity index (χ1) is 12.3. The summed E-state index contributed by atoms with van der Waals surface area (Å²) in [4.78, 5) is 27.8. The predicted molar refractivity (Wildman–Crippen MR) is 99.1 cm³/mol. The summed E-state index contributed by atoms with van der Waals surface area (Å²) in [5, 5.41) is 3.50. The number of rotatable bonds is 3. The third-order valence-corrected chi connectivity index (χ3v) is 6.05. The van der Waals surface area contributed by atoms with Crippen LogP contribution in [0.2, 0.25) is 0 Å². The summed E-state index contributed by atoms with van der Waals surface area (Å²) in [6, 6.07) is 6.36. The van der Waals surface area contributed by atoms with E-state index in [-0.39, 0.29) is 5.91 Å². The van der Waals surface area contributed by atoms with Crippen molar-refractivity contribution in [3.05, 3.63) is 40.3 Å². The number of thiophene rings is 1. The third kappa shape index (κ3) is 3.67. The molecule has 0 bridgehead atoms. The van der Waals surface area contributed by atoms with Crippen LogP contribution in [0.3, 0.4) is 0 Å². The number of anilines is 1. The van der Waals surface area contributed by atoms with Gasteiger partial charge in [-0.05, 0) is 44.0 Å². The van der Waals surface area contributed by atoms with Crippen molar-refractivity contribution in [3.8, 4) is 0 Å². The topological polar surface area (TPSA) is 61.4 Å². The lowest BCUT2D eigenvalue weighted by Gasteiger charge is -2.21. The molecule has 2 aliphatic rings. The SMILES string of the molecule is O=C(c1ccc([C@@H]2CCCN2)s1)N1CCCN(c2ncccn2)CC1. The first kappa shape index (κ1) is 16.5. The fourth-order valence-electron chi connectivity index (χ4n) is 3.51. The van der Waals surface area contributed by atoms with Crippen molar-refractivity contribution in [2.45, 2.75) is 25.3 Å². The number of nitrogens with one attached hydrogen (secondary N) is 1. The van der Waals surface area contributed by atoms with E-state index >= 15 is 0 Å². The Kier molecular flexibility index (Phi) is 4.94. The Morgan fingerprint density at radius 1 is 1.12 bits per heavy atom. The minimum absolute atomic E-state index is 0.157. The Morgan fingerprint density at radius 3 is 2.80 bits per heavy atom. The molecule has 2 saturated heterocycles. The first-order valence-electron chi connectivity index (χ1n) is 8.95. The van der Waals surface area contributed by atoms with Gasteiger partial charge < -0.3 is 15.1 Å². The Balaban J connectivity index is 1.41. The number of amides is 1. The highest BCUT2D eigenvalue weighted by Gasteiger charge is 2.24. The molecule has 0 spiro atoms. The number of hydrogen-bond donors (Lipinski definition) is 1. The quantitative estimate of drug-likeness (QED) is 0.913. The molecule has 4 rings (SSSR count). The van der Waals surface area contributed by atoms with Crippen LogP contribution in [0.25, 0.3) is 0 Å². The largest absolute Gasteiger partial charge is 0.339 e. The molecule has 0 aliphatic carbocycles. The van der Waals surface area contributed by atoms with Crippen LogP contribution in [0.15, 0.2) is 30.6 Å². The molecular weight excluding hydrogens is 334 g/mol. The monoisotopic (exact) mass is 357 g/mol. The Hall–Kier alpha value is -1.99. The van der Waals surface area contributed by atoms with Crippen molar-refractivity contribution < 1.29 is 4.79 Å². The van der Waals surface area contributed by atoms with Crippen LogP contribution in [0, 0.1) is 0 Å². The van der Waals surface area contributed by atoms with Gasteiger partial charge in [-0.15, -0.1) is 11.3 Å². The third-order valence-electron chi connectivity index (χ3n) is 4.86. The predicted octanol–water partition coefficient (Wildman–Crippen LogP) is 2.32. The van der Waals surface area contributed by atoms with Gasteiger partial charge >= 0.3 is 0 Å². The summed E-state index contributed by atoms with van der Waals surface area (Å²) < 4.78 is 0. The van der Waals surface area contributed by atoms with Crippen LogP contribution in [-0.4, -0.2) is 53.5 Å². The van der Waals surface area contributed by atoms with Crippen LogP contribution in [0.1, 0.15) is 39.9 Å². The number of aromatic nitrogens is 2. The lowest BCUT2D eigenvalue weighted by Crippen LogP contribution is -2.35. The van der Waals surface area contributed by atoms with E-state index in [2.05, 4.69) is 26.3 Å². The van der Waals surface area contributed by atoms with Crippen LogP contribution < -0.4 is 10.2 Å². The van der Waals surface area contributed by atoms with Crippen molar-refractivity contribution in [1.82, 2.24) is 20.2 Å². The zero-order chi connectivity index (χ0) is 17.1. The van der Waals surface area contributed by atoms with Gasteiger partial charge in [-0.25, -0.2) is 9.97 Å². The van der Waals surface area contributed by atoms with Gasteiger partial charge in [-0.1, -0.05) is 0 Å². The summed E-state index contributed by atoms with van der Waals surface area (Å²) >= 11 is 1.64. The molecule has 0 aromatic carbocycles. The van der Waals surface area contributed by atoms with E-state index in [0.29, 0.717) is 12.6 Å². The zero-order valence-corrected chi connectivity index (χ0v) is 15.0. The van der Waals surface area contributed by atoms with Crippen LogP contribution in [0.4, 0.5) is 5.95 Å². The van der Waals surface area contributed by atoms with Crippen molar-refractivity contribution in [3.63, 3.8) is 0 Å². The second-order valence-corrected chi connectivity index (χ2v) is 7.65. The van der Waals surface area contributed by atoms with E-state index in [0.717, 1.165) is 43.4 Å². The molecule has 2 fully saturated rings. The molecule has 25 heavy (non-hydrogen) atoms. The van der Waals surface area contributed by atoms with Crippen molar-refractivity contribution in [2.24, 2.45) is 0 Å². The normalized spacial score (nSPS) is 21.4. The molecule has 1 N–H and O–H groups in total. The smallest absolute Gasteiger partial charge is 0.263 e. The number of nitrogens with zero attached hydrogens (tertiary/aromatic N) is 4. The van der Waals surface area contributed by atoms with Gasteiger partial charge in [0.1, 0.15) is 0 Å². The van der Waals surface area contributed by atoms with Gasteiger partial charge in [0.15, 0.2) is 0 Å². The minimum Gasteiger partial charge on any atom is -0.339 e. The van der Waals surface area contributed by atoms with Gasteiger partial charge in [0, 0.05) is 49.5 Å². The molecule has 6 nitrogen and oxygen atoms in total. The zero-order valence-electron chi connectivity index (χ0n) is 14.2. The molecular formula is C18H23N5OS. The van der Waals surface area contributed by atoms with E-state index in [1.807, 2.05) is 17.0 Å². The first-order valence-corrected chi connectivity index (χ1v) is 9.77. The second kappa shape index (κ2) is 7.49. The summed E-state index contributed by atoms with van der Waals surface area (Å²) in [5.41, 5.74) is 0. The molecule has 0 unspecified atom stereocenters. The van der Waals surface area contributed by atoms with Gasteiger partial charge in [0.25, 0.3) is 5.91 Å². The fraction of sp³-hybridized carbons (Fsp3) is 0.500. The molecule has 1 amide bonds. The molecule has 2 aliphatic heterocycles. The van der Waals surface area contributed by atoms with E-state index < -0.39 is 0 Å². The van der Waals surface area contributed by atoms with Crippen LogP contribution >= 0.6 is 11.3 Å². The Bertz CT molecular complexity index is 713. The molecule has 132 valence electrons. The highest BCUT2D eigenvalue weighted by Crippen LogP contribution is 2.30. The summed E-state index contributed by atoms with van der Waals surface area (Å²) in [7, 11) is 0. The van der Waals surface area contributed by atoms with E-state index in [4.69, 9.17) is 0 Å². The molecule has 1 atom stereocenters. The fourth-order valence-corrected chi connectivity index (χ4v) is 4.60. The van der Waals surface area contributed by atoms with Gasteiger partial charge in [0.2, 0.25) is 5.95 Å². The van der Waals surface area contributed by atoms with Crippen molar-refractivity contribution in [2.75, 3.05) is 37.6 Å². The molecule has 7 heteroatoms. The maximum Gasteiger partial charge on any atom is 0.263 e. The van der Waals surface area contributed by atoms with Crippen LogP contribution in [-0.2, 0) is 0 Å². The Morgan fingerprint density at radius 2 is 2.00 bits per heavy atom. The molecule has 0 radical (unpaired) electrons. The number of hydrogen-bond acceptors (Lipinski definition) is 6. The van der Waals surface area contributed by atoms with Gasteiger partial charge in [-0.3, -0.25) is 4.79 Å². The molecule has 2 aromatic heterocycles. The number of carbonyl (C=O) groups is 1. The summed E-state index contributed by atoms with van der Waals surface area (Å²) in [6.07, 6.45) is 6.85. The minimum atomic E-state index is 0.157. The average molecular weight is 357 g/mol. The van der Waals surface area contributed by atoms with Crippen molar-refractivity contribution >= 4 is 23.2 Å². The summed E-state index contributed by atoms with van der Waals surface area (Å²) in [6.45, 7) is 4.24. The molecule has 0 saturated carbocycles. The number of carbonyl (C=O) groups excluding carboxylic acids is 1. The average Bonchev–Trinajstić information content (AvgIpc) is 3.29. The van der Waals surface area contributed by atoms with Gasteiger partial charge in [0.05, 0.1) is 4.88 Å². The maximum atomic E-state index is 12.9. The maximum absolute atomic E-state index is 12.9. The lowest BCUT2D eigenvalue weighted by molar-refractivity contribution is 0.0772. The summed E-state index contributed by atoms with van der Waals surface area (Å²) in [5.74, 6) is 0.910.